The van der Waals surface area contributed by atoms with Gasteiger partial charge in [0.2, 0.25) is 0 Å². The molecule has 0 saturated heterocycles. The Hall–Kier alpha value is -2.89. The van der Waals surface area contributed by atoms with Crippen LogP contribution in [0.25, 0.3) is 0 Å². The number of rotatable bonds is 56. The van der Waals surface area contributed by atoms with E-state index in [0.717, 1.165) is 96.3 Å². The van der Waals surface area contributed by atoms with Crippen molar-refractivity contribution in [3.8, 4) is 0 Å². The van der Waals surface area contributed by atoms with Crippen LogP contribution >= 0.6 is 0 Å². The first-order chi connectivity index (χ1) is 35.0. The third-order valence-corrected chi connectivity index (χ3v) is 13.5. The van der Waals surface area contributed by atoms with Crippen molar-refractivity contribution in [3.63, 3.8) is 0 Å². The van der Waals surface area contributed by atoms with E-state index < -0.39 is 6.10 Å². The Labute approximate surface area is 440 Å². The minimum atomic E-state index is -0.785. The number of carbonyl (C=O) groups is 3. The topological polar surface area (TPSA) is 78.9 Å². The molecule has 6 nitrogen and oxygen atoms in total. The molecular formula is C65H116O6. The number of ether oxygens (including phenoxy) is 3. The van der Waals surface area contributed by atoms with Crippen molar-refractivity contribution >= 4 is 17.9 Å². The highest BCUT2D eigenvalue weighted by Gasteiger charge is 2.19. The lowest BCUT2D eigenvalue weighted by Gasteiger charge is -2.18. The molecule has 0 radical (unpaired) electrons. The summed E-state index contributed by atoms with van der Waals surface area (Å²) in [4.78, 5) is 38.2. The Balaban J connectivity index is 4.28. The summed E-state index contributed by atoms with van der Waals surface area (Å²) in [5.41, 5.74) is 0. The highest BCUT2D eigenvalue weighted by atomic mass is 16.6. The van der Waals surface area contributed by atoms with E-state index in [-0.39, 0.29) is 31.1 Å². The van der Waals surface area contributed by atoms with Gasteiger partial charge in [0.25, 0.3) is 0 Å². The molecule has 0 aliphatic rings. The second kappa shape index (κ2) is 59.7. The molecule has 71 heavy (non-hydrogen) atoms. The number of allylic oxidation sites excluding steroid dienone is 10. The summed E-state index contributed by atoms with van der Waals surface area (Å²) in [6.07, 6.45) is 75.1. The van der Waals surface area contributed by atoms with Crippen molar-refractivity contribution in [2.75, 3.05) is 13.2 Å². The molecule has 0 aromatic rings. The SMILES string of the molecule is CCCCC/C=C\C/C=C\CCCCCCCC(=O)OC(COC(=O)CCCCCCC/C=C\CCCCCC)COC(=O)CCCCCCCCCCCCCCC/C=C\C/C=C\CCCCCCC. The molecule has 0 saturated carbocycles. The monoisotopic (exact) mass is 993 g/mol. The zero-order valence-corrected chi connectivity index (χ0v) is 47.2. The molecule has 0 bridgehead atoms. The summed E-state index contributed by atoms with van der Waals surface area (Å²) in [6, 6.07) is 0. The summed E-state index contributed by atoms with van der Waals surface area (Å²) in [5.74, 6) is -0.893. The largest absolute Gasteiger partial charge is 0.462 e. The summed E-state index contributed by atoms with van der Waals surface area (Å²) in [7, 11) is 0. The molecule has 0 amide bonds. The van der Waals surface area contributed by atoms with Gasteiger partial charge in [-0.15, -0.1) is 0 Å². The van der Waals surface area contributed by atoms with Crippen LogP contribution in [0.4, 0.5) is 0 Å². The normalized spacial score (nSPS) is 12.4. The lowest BCUT2D eigenvalue weighted by Crippen LogP contribution is -2.30. The van der Waals surface area contributed by atoms with Gasteiger partial charge >= 0.3 is 17.9 Å². The van der Waals surface area contributed by atoms with Gasteiger partial charge in [-0.3, -0.25) is 14.4 Å². The molecule has 0 aliphatic carbocycles. The van der Waals surface area contributed by atoms with E-state index in [9.17, 15) is 14.4 Å². The zero-order valence-electron chi connectivity index (χ0n) is 47.2. The van der Waals surface area contributed by atoms with E-state index >= 15 is 0 Å². The van der Waals surface area contributed by atoms with E-state index in [1.54, 1.807) is 0 Å². The van der Waals surface area contributed by atoms with Crippen LogP contribution < -0.4 is 0 Å². The Bertz CT molecular complexity index is 1280. The van der Waals surface area contributed by atoms with Crippen molar-refractivity contribution in [3.05, 3.63) is 60.8 Å². The molecule has 0 N–H and O–H groups in total. The average molecular weight is 994 g/mol. The van der Waals surface area contributed by atoms with Gasteiger partial charge in [-0.2, -0.15) is 0 Å². The molecule has 6 heteroatoms. The van der Waals surface area contributed by atoms with E-state index in [2.05, 4.69) is 81.5 Å². The quantitative estimate of drug-likeness (QED) is 0.0261. The predicted molar refractivity (Wildman–Crippen MR) is 307 cm³/mol. The third-order valence-electron chi connectivity index (χ3n) is 13.5. The minimum Gasteiger partial charge on any atom is -0.462 e. The molecule has 0 rings (SSSR count). The first-order valence-corrected chi connectivity index (χ1v) is 30.8. The van der Waals surface area contributed by atoms with Crippen LogP contribution in [0, 0.1) is 0 Å². The Morgan fingerprint density at radius 3 is 0.831 bits per heavy atom. The van der Waals surface area contributed by atoms with E-state index in [1.165, 1.54) is 180 Å². The lowest BCUT2D eigenvalue weighted by atomic mass is 10.0. The van der Waals surface area contributed by atoms with Gasteiger partial charge in [-0.05, 0) is 109 Å². The van der Waals surface area contributed by atoms with Crippen LogP contribution in [0.2, 0.25) is 0 Å². The highest BCUT2D eigenvalue weighted by Crippen LogP contribution is 2.16. The van der Waals surface area contributed by atoms with Crippen molar-refractivity contribution in [2.45, 2.75) is 322 Å². The smallest absolute Gasteiger partial charge is 0.306 e. The van der Waals surface area contributed by atoms with Crippen molar-refractivity contribution < 1.29 is 28.6 Å². The van der Waals surface area contributed by atoms with Gasteiger partial charge < -0.3 is 14.2 Å². The molecule has 0 spiro atoms. The van der Waals surface area contributed by atoms with Crippen molar-refractivity contribution in [2.24, 2.45) is 0 Å². The molecule has 0 fully saturated rings. The van der Waals surface area contributed by atoms with Gasteiger partial charge in [-0.1, -0.05) is 248 Å². The second-order valence-electron chi connectivity index (χ2n) is 20.6. The number of esters is 3. The molecule has 412 valence electrons. The van der Waals surface area contributed by atoms with Gasteiger partial charge in [0.15, 0.2) is 6.10 Å². The Morgan fingerprint density at radius 2 is 0.507 bits per heavy atom. The Kier molecular flexibility index (Phi) is 57.2. The highest BCUT2D eigenvalue weighted by molar-refractivity contribution is 5.71. The first-order valence-electron chi connectivity index (χ1n) is 30.8. The van der Waals surface area contributed by atoms with Gasteiger partial charge in [0.1, 0.15) is 13.2 Å². The molecule has 1 atom stereocenters. The number of unbranched alkanes of at least 4 members (excludes halogenated alkanes) is 35. The van der Waals surface area contributed by atoms with Crippen LogP contribution in [0.1, 0.15) is 316 Å². The summed E-state index contributed by atoms with van der Waals surface area (Å²) in [6.45, 7) is 6.60. The molecule has 0 aromatic heterocycles. The third kappa shape index (κ3) is 57.9. The van der Waals surface area contributed by atoms with Gasteiger partial charge in [0, 0.05) is 19.3 Å². The maximum Gasteiger partial charge on any atom is 0.306 e. The summed E-state index contributed by atoms with van der Waals surface area (Å²) >= 11 is 0. The summed E-state index contributed by atoms with van der Waals surface area (Å²) < 4.78 is 16.9. The maximum absolute atomic E-state index is 12.9. The fraction of sp³-hybridized carbons (Fsp3) is 0.800. The van der Waals surface area contributed by atoms with Crippen LogP contribution in [0.15, 0.2) is 60.8 Å². The molecule has 0 aromatic carbocycles. The molecule has 0 heterocycles. The standard InChI is InChI=1S/C65H116O6/c1-4-7-10-13-16-19-22-25-27-28-29-30-31-32-33-34-35-36-38-40-43-46-49-52-55-58-64(67)70-61-62(60-69-63(66)57-54-51-48-45-42-39-24-21-18-15-12-9-6-3)71-65(68)59-56-53-50-47-44-41-37-26-23-20-17-14-11-8-5-2/h17,20-22,24-26,28-29,37,62H,4-16,18-19,23,27,30-36,38-61H2,1-3H3/b20-17-,24-21-,25-22-,29-28-,37-26-. The summed E-state index contributed by atoms with van der Waals surface area (Å²) in [5, 5.41) is 0. The molecule has 0 aliphatic heterocycles. The van der Waals surface area contributed by atoms with E-state index in [1.807, 2.05) is 0 Å². The second-order valence-corrected chi connectivity index (χ2v) is 20.6. The Morgan fingerprint density at radius 1 is 0.282 bits per heavy atom. The van der Waals surface area contributed by atoms with Crippen LogP contribution in [-0.2, 0) is 28.6 Å². The first kappa shape index (κ1) is 68.1. The van der Waals surface area contributed by atoms with Gasteiger partial charge in [-0.25, -0.2) is 0 Å². The predicted octanol–water partition coefficient (Wildman–Crippen LogP) is 20.8. The molecule has 1 unspecified atom stereocenters. The lowest BCUT2D eigenvalue weighted by molar-refractivity contribution is -0.167. The zero-order chi connectivity index (χ0) is 51.4. The van der Waals surface area contributed by atoms with Crippen molar-refractivity contribution in [1.29, 1.82) is 0 Å². The fourth-order valence-corrected chi connectivity index (χ4v) is 8.79. The maximum atomic E-state index is 12.9. The number of hydrogen-bond donors (Lipinski definition) is 0. The van der Waals surface area contributed by atoms with Crippen molar-refractivity contribution in [1.82, 2.24) is 0 Å². The van der Waals surface area contributed by atoms with Crippen LogP contribution in [-0.4, -0.2) is 37.2 Å². The number of hydrogen-bond acceptors (Lipinski definition) is 6. The van der Waals surface area contributed by atoms with Crippen LogP contribution in [0.5, 0.6) is 0 Å². The van der Waals surface area contributed by atoms with E-state index in [0.29, 0.717) is 19.3 Å². The van der Waals surface area contributed by atoms with Gasteiger partial charge in [0.05, 0.1) is 0 Å². The fourth-order valence-electron chi connectivity index (χ4n) is 8.79. The molecular weight excluding hydrogens is 877 g/mol. The van der Waals surface area contributed by atoms with E-state index in [4.69, 9.17) is 14.2 Å². The van der Waals surface area contributed by atoms with Crippen LogP contribution in [0.3, 0.4) is 0 Å². The minimum absolute atomic E-state index is 0.0814. The average Bonchev–Trinajstić information content (AvgIpc) is 3.37. The number of carbonyl (C=O) groups excluding carboxylic acids is 3.